The molecule has 0 aliphatic heterocycles. The third-order valence-electron chi connectivity index (χ3n) is 3.38. The molecule has 0 aromatic carbocycles. The lowest BCUT2D eigenvalue weighted by Gasteiger charge is -2.21. The van der Waals surface area contributed by atoms with E-state index in [1.165, 1.54) is 11.3 Å². The molecule has 7 heteroatoms. The number of unbranched alkanes of at least 4 members (excludes halogenated alkanes) is 1. The molecule has 1 rings (SSSR count). The fourth-order valence-corrected chi connectivity index (χ4v) is 2.90. The Hall–Kier alpha value is -1.47. The minimum absolute atomic E-state index is 0.126. The highest BCUT2D eigenvalue weighted by molar-refractivity contribution is 7.09. The van der Waals surface area contributed by atoms with E-state index in [1.54, 1.807) is 12.3 Å². The summed E-state index contributed by atoms with van der Waals surface area (Å²) >= 11 is 1.38. The second-order valence-electron chi connectivity index (χ2n) is 5.32. The summed E-state index contributed by atoms with van der Waals surface area (Å²) in [5.41, 5.74) is 0.312. The van der Waals surface area contributed by atoms with Gasteiger partial charge in [-0.05, 0) is 26.7 Å². The average molecular weight is 356 g/mol. The second kappa shape index (κ2) is 12.0. The smallest absolute Gasteiger partial charge is 0.357 e. The van der Waals surface area contributed by atoms with Crippen LogP contribution >= 0.6 is 11.3 Å². The number of amides is 1. The summed E-state index contributed by atoms with van der Waals surface area (Å²) in [5, 5.41) is 2.43. The first kappa shape index (κ1) is 20.6. The van der Waals surface area contributed by atoms with Crippen molar-refractivity contribution in [3.63, 3.8) is 0 Å². The minimum Gasteiger partial charge on any atom is -0.461 e. The first-order chi connectivity index (χ1) is 11.6. The number of carbonyl (C=O) groups is 2. The van der Waals surface area contributed by atoms with E-state index in [0.29, 0.717) is 45.0 Å². The number of nitrogens with zero attached hydrogens (tertiary/aromatic N) is 2. The Bertz CT molecular complexity index is 505. The Kier molecular flexibility index (Phi) is 10.3. The fraction of sp³-hybridized carbons (Fsp3) is 0.706. The predicted octanol–water partition coefficient (Wildman–Crippen LogP) is 3.27. The van der Waals surface area contributed by atoms with Gasteiger partial charge in [0.1, 0.15) is 5.01 Å². The molecule has 0 unspecified atom stereocenters. The predicted molar refractivity (Wildman–Crippen MR) is 94.1 cm³/mol. The number of thiazole rings is 1. The minimum atomic E-state index is -0.416. The van der Waals surface area contributed by atoms with E-state index >= 15 is 0 Å². The van der Waals surface area contributed by atoms with E-state index in [1.807, 2.05) is 11.8 Å². The summed E-state index contributed by atoms with van der Waals surface area (Å²) in [7, 11) is 0. The molecule has 0 radical (unpaired) electrons. The molecule has 1 heterocycles. The van der Waals surface area contributed by atoms with Crippen molar-refractivity contribution in [2.24, 2.45) is 0 Å². The van der Waals surface area contributed by atoms with Crippen LogP contribution in [0.2, 0.25) is 0 Å². The molecule has 1 aromatic rings. The van der Waals surface area contributed by atoms with Gasteiger partial charge in [0.15, 0.2) is 5.69 Å². The maximum Gasteiger partial charge on any atom is 0.357 e. The largest absolute Gasteiger partial charge is 0.461 e. The molecule has 0 aliphatic carbocycles. The molecule has 1 aromatic heterocycles. The van der Waals surface area contributed by atoms with Crippen LogP contribution in [0.1, 0.15) is 62.0 Å². The van der Waals surface area contributed by atoms with Crippen molar-refractivity contribution in [3.8, 4) is 0 Å². The lowest BCUT2D eigenvalue weighted by Crippen LogP contribution is -2.32. The number of carbonyl (C=O) groups excluding carboxylic acids is 2. The summed E-state index contributed by atoms with van der Waals surface area (Å²) in [6, 6.07) is 0. The summed E-state index contributed by atoms with van der Waals surface area (Å²) in [4.78, 5) is 30.2. The van der Waals surface area contributed by atoms with E-state index in [2.05, 4.69) is 11.9 Å². The maximum atomic E-state index is 12.4. The number of hydrogen-bond acceptors (Lipinski definition) is 6. The van der Waals surface area contributed by atoms with Crippen molar-refractivity contribution in [3.05, 3.63) is 16.1 Å². The van der Waals surface area contributed by atoms with Gasteiger partial charge < -0.3 is 14.4 Å². The van der Waals surface area contributed by atoms with Crippen molar-refractivity contribution in [1.82, 2.24) is 9.88 Å². The Morgan fingerprint density at radius 2 is 2.00 bits per heavy atom. The van der Waals surface area contributed by atoms with Gasteiger partial charge in [0, 0.05) is 31.6 Å². The van der Waals surface area contributed by atoms with Crippen molar-refractivity contribution in [1.29, 1.82) is 0 Å². The van der Waals surface area contributed by atoms with Gasteiger partial charge >= 0.3 is 5.97 Å². The van der Waals surface area contributed by atoms with Gasteiger partial charge in [0.05, 0.1) is 13.2 Å². The lowest BCUT2D eigenvalue weighted by atomic mass is 10.2. The quantitative estimate of drug-likeness (QED) is 0.425. The van der Waals surface area contributed by atoms with Gasteiger partial charge in [0.2, 0.25) is 5.91 Å². The lowest BCUT2D eigenvalue weighted by molar-refractivity contribution is -0.132. The van der Waals surface area contributed by atoms with Crippen LogP contribution in [-0.2, 0) is 20.8 Å². The van der Waals surface area contributed by atoms with Crippen LogP contribution in [0, 0.1) is 0 Å². The maximum absolute atomic E-state index is 12.4. The van der Waals surface area contributed by atoms with Crippen LogP contribution in [0.15, 0.2) is 5.38 Å². The van der Waals surface area contributed by atoms with Gasteiger partial charge in [-0.25, -0.2) is 9.78 Å². The summed E-state index contributed by atoms with van der Waals surface area (Å²) < 4.78 is 10.3. The van der Waals surface area contributed by atoms with E-state index in [0.717, 1.165) is 24.3 Å². The highest BCUT2D eigenvalue weighted by atomic mass is 32.1. The number of aromatic nitrogens is 1. The molecule has 0 atom stereocenters. The van der Waals surface area contributed by atoms with Gasteiger partial charge in [0.25, 0.3) is 0 Å². The molecule has 0 fully saturated rings. The number of esters is 1. The van der Waals surface area contributed by atoms with E-state index < -0.39 is 5.97 Å². The monoisotopic (exact) mass is 356 g/mol. The highest BCUT2D eigenvalue weighted by Crippen LogP contribution is 2.15. The highest BCUT2D eigenvalue weighted by Gasteiger charge is 2.17. The van der Waals surface area contributed by atoms with Gasteiger partial charge in [-0.2, -0.15) is 0 Å². The molecule has 136 valence electrons. The normalized spacial score (nSPS) is 10.6. The third kappa shape index (κ3) is 7.40. The Morgan fingerprint density at radius 1 is 1.21 bits per heavy atom. The zero-order chi connectivity index (χ0) is 17.8. The van der Waals surface area contributed by atoms with Crippen molar-refractivity contribution in [2.45, 2.75) is 53.0 Å². The summed E-state index contributed by atoms with van der Waals surface area (Å²) in [6.07, 6.45) is 3.21. The SMILES string of the molecule is CCCCC(=O)N(CCCOCC)Cc1nc(C(=O)OCC)cs1. The van der Waals surface area contributed by atoms with Crippen LogP contribution in [0.25, 0.3) is 0 Å². The fourth-order valence-electron chi connectivity index (χ4n) is 2.13. The Balaban J connectivity index is 2.65. The molecule has 0 spiro atoms. The first-order valence-electron chi connectivity index (χ1n) is 8.59. The van der Waals surface area contributed by atoms with Crippen LogP contribution in [0.4, 0.5) is 0 Å². The molecule has 0 N–H and O–H groups in total. The van der Waals surface area contributed by atoms with Gasteiger partial charge in [-0.3, -0.25) is 4.79 Å². The zero-order valence-corrected chi connectivity index (χ0v) is 15.7. The average Bonchev–Trinajstić information content (AvgIpc) is 3.04. The molecule has 0 aliphatic rings. The van der Waals surface area contributed by atoms with Crippen molar-refractivity contribution in [2.75, 3.05) is 26.4 Å². The van der Waals surface area contributed by atoms with E-state index in [-0.39, 0.29) is 5.91 Å². The van der Waals surface area contributed by atoms with Crippen LogP contribution in [-0.4, -0.2) is 48.1 Å². The van der Waals surface area contributed by atoms with Crippen LogP contribution in [0.5, 0.6) is 0 Å². The molecule has 0 saturated carbocycles. The summed E-state index contributed by atoms with van der Waals surface area (Å²) in [5.74, 6) is -0.290. The molecule has 0 saturated heterocycles. The summed E-state index contributed by atoms with van der Waals surface area (Å²) in [6.45, 7) is 8.49. The molecular weight excluding hydrogens is 328 g/mol. The molecule has 0 bridgehead atoms. The number of hydrogen-bond donors (Lipinski definition) is 0. The third-order valence-corrected chi connectivity index (χ3v) is 4.21. The standard InChI is InChI=1S/C17H28N2O4S/c1-4-7-9-16(20)19(10-8-11-22-5-2)12-15-18-14(13-24-15)17(21)23-6-3/h13H,4-12H2,1-3H3. The zero-order valence-electron chi connectivity index (χ0n) is 14.9. The van der Waals surface area contributed by atoms with E-state index in [4.69, 9.17) is 9.47 Å². The molecule has 24 heavy (non-hydrogen) atoms. The molecular formula is C17H28N2O4S. The van der Waals surface area contributed by atoms with Gasteiger partial charge in [-0.1, -0.05) is 13.3 Å². The number of ether oxygens (including phenoxy) is 2. The number of rotatable bonds is 12. The Labute approximate surface area is 148 Å². The Morgan fingerprint density at radius 3 is 2.67 bits per heavy atom. The first-order valence-corrected chi connectivity index (χ1v) is 9.47. The van der Waals surface area contributed by atoms with Gasteiger partial charge in [-0.15, -0.1) is 11.3 Å². The van der Waals surface area contributed by atoms with E-state index in [9.17, 15) is 9.59 Å². The topological polar surface area (TPSA) is 68.7 Å². The van der Waals surface area contributed by atoms with Crippen LogP contribution in [0.3, 0.4) is 0 Å². The molecule has 1 amide bonds. The second-order valence-corrected chi connectivity index (χ2v) is 6.26. The molecule has 6 nitrogen and oxygen atoms in total. The van der Waals surface area contributed by atoms with Crippen molar-refractivity contribution >= 4 is 23.2 Å². The van der Waals surface area contributed by atoms with Crippen molar-refractivity contribution < 1.29 is 19.1 Å². The van der Waals surface area contributed by atoms with Crippen LogP contribution < -0.4 is 0 Å².